The number of nitrogens with one attached hydrogen (secondary N) is 1. The molecule has 2 aromatic carbocycles. The number of pyridine rings is 1. The first-order chi connectivity index (χ1) is 24.3. The molecular formula is C41H49IN4O5. The number of amides is 1. The van der Waals surface area contributed by atoms with Crippen LogP contribution in [0.3, 0.4) is 0 Å². The lowest BCUT2D eigenvalue weighted by Gasteiger charge is -2.34. The zero-order valence-corrected chi connectivity index (χ0v) is 32.9. The molecule has 5 rings (SSSR count). The minimum atomic E-state index is -0.571. The summed E-state index contributed by atoms with van der Waals surface area (Å²) in [6.45, 7) is 16.0. The van der Waals surface area contributed by atoms with E-state index in [1.807, 2.05) is 75.5 Å². The number of anilines is 1. The molecule has 2 atom stereocenters. The first-order valence-corrected chi connectivity index (χ1v) is 18.4. The van der Waals surface area contributed by atoms with Crippen LogP contribution in [0.1, 0.15) is 69.2 Å². The van der Waals surface area contributed by atoms with Gasteiger partial charge in [-0.25, -0.2) is 9.78 Å². The minimum Gasteiger partial charge on any atom is -0.497 e. The predicted octanol–water partition coefficient (Wildman–Crippen LogP) is 9.48. The second kappa shape index (κ2) is 16.8. The van der Waals surface area contributed by atoms with Crippen LogP contribution < -0.4 is 19.5 Å². The summed E-state index contributed by atoms with van der Waals surface area (Å²) in [6.07, 6.45) is 10.6. The van der Waals surface area contributed by atoms with Gasteiger partial charge in [0, 0.05) is 63.8 Å². The van der Waals surface area contributed by atoms with Crippen LogP contribution in [-0.2, 0) is 11.3 Å². The van der Waals surface area contributed by atoms with Crippen LogP contribution in [0.5, 0.6) is 17.2 Å². The quantitative estimate of drug-likeness (QED) is 0.153. The van der Waals surface area contributed by atoms with Crippen LogP contribution in [0.2, 0.25) is 0 Å². The zero-order chi connectivity index (χ0) is 36.7. The maximum Gasteiger partial charge on any atom is 0.410 e. The van der Waals surface area contributed by atoms with Crippen molar-refractivity contribution in [3.8, 4) is 17.2 Å². The van der Waals surface area contributed by atoms with Crippen molar-refractivity contribution in [2.45, 2.75) is 66.0 Å². The monoisotopic (exact) mass is 804 g/mol. The summed E-state index contributed by atoms with van der Waals surface area (Å²) in [5.41, 5.74) is 4.62. The Kier molecular flexibility index (Phi) is 12.5. The summed E-state index contributed by atoms with van der Waals surface area (Å²) < 4.78 is 24.0. The fourth-order valence-electron chi connectivity index (χ4n) is 6.11. The molecule has 1 aliphatic heterocycles. The highest BCUT2D eigenvalue weighted by Gasteiger charge is 2.30. The Bertz CT molecular complexity index is 1830. The van der Waals surface area contributed by atoms with Crippen molar-refractivity contribution in [3.63, 3.8) is 0 Å². The molecule has 1 amide bonds. The molecule has 0 bridgehead atoms. The molecule has 0 radical (unpaired) electrons. The van der Waals surface area contributed by atoms with E-state index in [1.165, 1.54) is 0 Å². The van der Waals surface area contributed by atoms with Gasteiger partial charge in [-0.05, 0) is 130 Å². The number of likely N-dealkylation sites (tertiary alicyclic amines) is 1. The molecule has 2 unspecified atom stereocenters. The molecule has 270 valence electrons. The van der Waals surface area contributed by atoms with Gasteiger partial charge in [-0.1, -0.05) is 19.6 Å². The molecular weight excluding hydrogens is 755 g/mol. The maximum atomic E-state index is 13.0. The molecule has 1 aliphatic carbocycles. The van der Waals surface area contributed by atoms with Crippen LogP contribution in [0.4, 0.5) is 10.6 Å². The SMILES string of the molecule is C=C(N=C(c1ccc(OC2=CC(C)CC=C2)cc1)c1c(NCc2ccc(OC)cc2OC)ncc(I)c1C)C1CCCN(C(=O)OC(C)(C)C)C1. The molecule has 0 saturated carbocycles. The summed E-state index contributed by atoms with van der Waals surface area (Å²) in [5, 5.41) is 3.57. The first kappa shape index (κ1) is 37.9. The number of hydrogen-bond acceptors (Lipinski definition) is 8. The molecule has 10 heteroatoms. The van der Waals surface area contributed by atoms with Crippen molar-refractivity contribution in [3.05, 3.63) is 111 Å². The molecule has 2 aliphatic rings. The highest BCUT2D eigenvalue weighted by Crippen LogP contribution is 2.32. The smallest absolute Gasteiger partial charge is 0.410 e. The van der Waals surface area contributed by atoms with Gasteiger partial charge in [0.25, 0.3) is 0 Å². The van der Waals surface area contributed by atoms with E-state index < -0.39 is 5.60 Å². The molecule has 1 saturated heterocycles. The summed E-state index contributed by atoms with van der Waals surface area (Å²) in [6, 6.07) is 13.8. The molecule has 0 spiro atoms. The highest BCUT2D eigenvalue weighted by atomic mass is 127. The van der Waals surface area contributed by atoms with Gasteiger partial charge in [0.15, 0.2) is 0 Å². The maximum absolute atomic E-state index is 13.0. The topological polar surface area (TPSA) is 94.5 Å². The van der Waals surface area contributed by atoms with Gasteiger partial charge in [-0.2, -0.15) is 0 Å². The molecule has 1 N–H and O–H groups in total. The number of ether oxygens (including phenoxy) is 4. The van der Waals surface area contributed by atoms with Crippen LogP contribution in [0.15, 0.2) is 89.9 Å². The number of allylic oxidation sites excluding steroid dienone is 3. The van der Waals surface area contributed by atoms with Crippen molar-refractivity contribution in [2.75, 3.05) is 32.6 Å². The van der Waals surface area contributed by atoms with E-state index >= 15 is 0 Å². The summed E-state index contributed by atoms with van der Waals surface area (Å²) in [7, 11) is 3.29. The summed E-state index contributed by atoms with van der Waals surface area (Å²) in [4.78, 5) is 25.0. The van der Waals surface area contributed by atoms with Gasteiger partial charge >= 0.3 is 6.09 Å². The van der Waals surface area contributed by atoms with Crippen molar-refractivity contribution in [2.24, 2.45) is 16.8 Å². The Morgan fingerprint density at radius 3 is 2.55 bits per heavy atom. The van der Waals surface area contributed by atoms with E-state index in [0.29, 0.717) is 42.8 Å². The number of methoxy groups -OCH3 is 2. The molecule has 51 heavy (non-hydrogen) atoms. The number of aromatic nitrogens is 1. The zero-order valence-electron chi connectivity index (χ0n) is 30.7. The predicted molar refractivity (Wildman–Crippen MR) is 212 cm³/mol. The number of rotatable bonds is 11. The third kappa shape index (κ3) is 9.93. The fourth-order valence-corrected chi connectivity index (χ4v) is 6.52. The Morgan fingerprint density at radius 1 is 1.12 bits per heavy atom. The third-order valence-corrected chi connectivity index (χ3v) is 9.94. The van der Waals surface area contributed by atoms with E-state index in [4.69, 9.17) is 28.9 Å². The minimum absolute atomic E-state index is 0.0353. The molecule has 1 fully saturated rings. The first-order valence-electron chi connectivity index (χ1n) is 17.4. The van der Waals surface area contributed by atoms with Gasteiger partial charge < -0.3 is 29.2 Å². The van der Waals surface area contributed by atoms with E-state index in [2.05, 4.69) is 60.5 Å². The van der Waals surface area contributed by atoms with E-state index in [0.717, 1.165) is 68.1 Å². The lowest BCUT2D eigenvalue weighted by Crippen LogP contribution is -2.43. The number of piperidine rings is 1. The van der Waals surface area contributed by atoms with E-state index in [9.17, 15) is 4.79 Å². The summed E-state index contributed by atoms with van der Waals surface area (Å²) >= 11 is 2.32. The largest absolute Gasteiger partial charge is 0.497 e. The Morgan fingerprint density at radius 2 is 1.86 bits per heavy atom. The Hall–Kier alpha value is -4.32. The van der Waals surface area contributed by atoms with Gasteiger partial charge in [0.1, 0.15) is 34.4 Å². The molecule has 2 heterocycles. The summed E-state index contributed by atoms with van der Waals surface area (Å²) in [5.74, 6) is 4.10. The number of aliphatic imine (C=N–C) groups is 1. The highest BCUT2D eigenvalue weighted by molar-refractivity contribution is 14.1. The van der Waals surface area contributed by atoms with Crippen molar-refractivity contribution < 1.29 is 23.7 Å². The van der Waals surface area contributed by atoms with E-state index in [-0.39, 0.29) is 12.0 Å². The number of halogens is 1. The van der Waals surface area contributed by atoms with Crippen molar-refractivity contribution >= 4 is 40.2 Å². The lowest BCUT2D eigenvalue weighted by molar-refractivity contribution is 0.0182. The Labute approximate surface area is 316 Å². The van der Waals surface area contributed by atoms with Crippen molar-refractivity contribution in [1.82, 2.24) is 9.88 Å². The third-order valence-electron chi connectivity index (χ3n) is 8.86. The number of carbonyl (C=O) groups excluding carboxylic acids is 1. The number of nitrogens with zero attached hydrogens (tertiary/aromatic N) is 3. The number of benzene rings is 2. The van der Waals surface area contributed by atoms with E-state index in [1.54, 1.807) is 19.1 Å². The van der Waals surface area contributed by atoms with Crippen LogP contribution in [-0.4, -0.2) is 54.6 Å². The Balaban J connectivity index is 1.52. The second-order valence-electron chi connectivity index (χ2n) is 14.0. The average Bonchev–Trinajstić information content (AvgIpc) is 3.11. The molecule has 3 aromatic rings. The fraction of sp³-hybridized carbons (Fsp3) is 0.390. The van der Waals surface area contributed by atoms with Gasteiger partial charge in [0.2, 0.25) is 0 Å². The molecule has 1 aromatic heterocycles. The lowest BCUT2D eigenvalue weighted by atomic mass is 9.94. The normalized spacial score (nSPS) is 17.8. The van der Waals surface area contributed by atoms with Crippen LogP contribution in [0.25, 0.3) is 0 Å². The number of carbonyl (C=O) groups is 1. The second-order valence-corrected chi connectivity index (χ2v) is 15.2. The number of hydrogen-bond donors (Lipinski definition) is 1. The standard InChI is InChI=1S/C41H49IN4O5/c1-26-11-9-13-34(21-26)50-32-17-14-29(15-18-32)38(45-28(3)31-12-10-20-46(25-31)40(47)51-41(4,5)6)37-27(2)35(42)24-44-39(37)43-23-30-16-19-33(48-7)22-36(30)49-8/h9,13-19,21-22,24,26,31H,3,10-12,20,23,25H2,1-2,4-8H3,(H,43,44). The molecule has 9 nitrogen and oxygen atoms in total. The van der Waals surface area contributed by atoms with Gasteiger partial charge in [0.05, 0.1) is 19.9 Å². The average molecular weight is 805 g/mol. The van der Waals surface area contributed by atoms with Gasteiger partial charge in [-0.15, -0.1) is 0 Å². The van der Waals surface area contributed by atoms with Crippen molar-refractivity contribution in [1.29, 1.82) is 0 Å². The van der Waals surface area contributed by atoms with Crippen LogP contribution in [0, 0.1) is 22.3 Å². The van der Waals surface area contributed by atoms with Gasteiger partial charge in [-0.3, -0.25) is 4.99 Å². The van der Waals surface area contributed by atoms with Crippen LogP contribution >= 0.6 is 22.6 Å².